The summed E-state index contributed by atoms with van der Waals surface area (Å²) in [6.45, 7) is 10.8. The van der Waals surface area contributed by atoms with Gasteiger partial charge in [-0.3, -0.25) is 0 Å². The predicted molar refractivity (Wildman–Crippen MR) is 166 cm³/mol. The molecule has 0 radical (unpaired) electrons. The first kappa shape index (κ1) is 30.4. The van der Waals surface area contributed by atoms with Crippen molar-refractivity contribution in [3.8, 4) is 5.75 Å². The first-order valence-electron chi connectivity index (χ1n) is 12.3. The molecule has 0 aliphatic heterocycles. The Bertz CT molecular complexity index is 1250. The summed E-state index contributed by atoms with van der Waals surface area (Å²) in [5.74, 6) is 0.460. The van der Waals surface area contributed by atoms with Crippen LogP contribution in [0.4, 0.5) is 0 Å². The molecule has 1 N–H and O–H groups in total. The zero-order valence-corrected chi connectivity index (χ0v) is 27.1. The molecule has 0 heterocycles. The number of phenols is 1. The number of aryl methyl sites for hydroxylation is 2. The number of halogens is 2. The maximum absolute atomic E-state index is 11.2. The standard InChI is InChI=1S/C31H34OP2.2ClH.Ti/c1-22-19-27(31(3,4)5)29(32)28(20-22)33-30-23(2)13-12-14-24(30)21-34(25-15-8-6-9-16-25)26-17-10-7-11-18-26;;;/h6-20,32-33H,21H2,1-5H3;2*1H;/q;;;+2/p-1. The van der Waals surface area contributed by atoms with Crippen molar-refractivity contribution in [3.63, 3.8) is 0 Å². The number of benzene rings is 4. The number of aromatic hydroxyl groups is 1. The van der Waals surface area contributed by atoms with Crippen LogP contribution in [0, 0.1) is 13.8 Å². The quantitative estimate of drug-likeness (QED) is 0.177. The van der Waals surface area contributed by atoms with Crippen molar-refractivity contribution in [1.29, 1.82) is 0 Å². The van der Waals surface area contributed by atoms with Gasteiger partial charge in [0.05, 0.1) is 24.7 Å². The third kappa shape index (κ3) is 8.41. The summed E-state index contributed by atoms with van der Waals surface area (Å²) in [6, 6.07) is 32.9. The van der Waals surface area contributed by atoms with Crippen molar-refractivity contribution >= 4 is 56.3 Å². The molecule has 0 fully saturated rings. The summed E-state index contributed by atoms with van der Waals surface area (Å²) >= 11 is -0.556. The van der Waals surface area contributed by atoms with Gasteiger partial charge in [-0.15, -0.1) is 0 Å². The van der Waals surface area contributed by atoms with Crippen molar-refractivity contribution in [2.24, 2.45) is 0 Å². The second-order valence-corrected chi connectivity index (χ2v) is 16.5. The fourth-order valence-electron chi connectivity index (χ4n) is 4.48. The molecule has 192 valence electrons. The van der Waals surface area contributed by atoms with E-state index in [1.54, 1.807) is 0 Å². The Balaban J connectivity index is 0.00000121. The molecule has 37 heavy (non-hydrogen) atoms. The molecule has 6 heteroatoms. The van der Waals surface area contributed by atoms with Crippen molar-refractivity contribution in [2.75, 3.05) is 0 Å². The molecule has 0 amide bonds. The second kappa shape index (κ2) is 14.3. The summed E-state index contributed by atoms with van der Waals surface area (Å²) in [4.78, 5) is 0. The maximum atomic E-state index is 11.2. The average molecular weight is 604 g/mol. The van der Waals surface area contributed by atoms with Gasteiger partial charge in [0.15, 0.2) is 0 Å². The van der Waals surface area contributed by atoms with Crippen LogP contribution in [0.25, 0.3) is 0 Å². The van der Waals surface area contributed by atoms with Crippen LogP contribution < -0.4 is 21.2 Å². The molecule has 1 unspecified atom stereocenters. The van der Waals surface area contributed by atoms with Crippen LogP contribution in [-0.2, 0) is 28.6 Å². The van der Waals surface area contributed by atoms with Crippen molar-refractivity contribution in [3.05, 3.63) is 113 Å². The SMILES string of the molecule is Cc1cc(Pc2c(C)cccc2C[PH+](c2ccccc2)c2ccccc2)c(O)c(C(C)(C)C)c1.[Cl][Ti][Cl]. The molecule has 0 saturated heterocycles. The van der Waals surface area contributed by atoms with Gasteiger partial charge >= 0.3 is 35.6 Å². The molecule has 1 atom stereocenters. The van der Waals surface area contributed by atoms with Crippen LogP contribution in [0.3, 0.4) is 0 Å². The molecule has 0 spiro atoms. The van der Waals surface area contributed by atoms with E-state index in [-0.39, 0.29) is 5.41 Å². The molecule has 0 aliphatic rings. The Hall–Kier alpha value is -1.17. The third-order valence-corrected chi connectivity index (χ3v) is 10.7. The average Bonchev–Trinajstić information content (AvgIpc) is 2.87. The number of phenolic OH excluding ortho intramolecular Hbond substituents is 1. The van der Waals surface area contributed by atoms with Crippen LogP contribution in [0.2, 0.25) is 0 Å². The summed E-state index contributed by atoms with van der Waals surface area (Å²) < 4.78 is 0. The fourth-order valence-corrected chi connectivity index (χ4v) is 8.69. The minimum absolute atomic E-state index is 0.0965. The van der Waals surface area contributed by atoms with E-state index in [1.165, 1.54) is 32.6 Å². The van der Waals surface area contributed by atoms with Crippen LogP contribution in [0.15, 0.2) is 91.0 Å². The topological polar surface area (TPSA) is 20.2 Å². The third-order valence-electron chi connectivity index (χ3n) is 6.29. The monoisotopic (exact) mass is 603 g/mol. The van der Waals surface area contributed by atoms with Gasteiger partial charge in [-0.05, 0) is 71.6 Å². The molecule has 0 aliphatic carbocycles. The molecule has 4 rings (SSSR count). The molecule has 4 aromatic rings. The first-order valence-corrected chi connectivity index (χ1v) is 19.3. The van der Waals surface area contributed by atoms with E-state index in [1.807, 2.05) is 0 Å². The van der Waals surface area contributed by atoms with Gasteiger partial charge in [-0.2, -0.15) is 0 Å². The van der Waals surface area contributed by atoms with Gasteiger partial charge in [0.25, 0.3) is 0 Å². The Morgan fingerprint density at radius 2 is 1.35 bits per heavy atom. The Morgan fingerprint density at radius 1 is 0.811 bits per heavy atom. The number of rotatable bonds is 6. The predicted octanol–water partition coefficient (Wildman–Crippen LogP) is 7.68. The number of hydrogen-bond donors (Lipinski definition) is 1. The van der Waals surface area contributed by atoms with Crippen LogP contribution in [0.5, 0.6) is 5.75 Å². The van der Waals surface area contributed by atoms with E-state index >= 15 is 0 Å². The zero-order valence-electron chi connectivity index (χ0n) is 22.1. The summed E-state index contributed by atoms with van der Waals surface area (Å²) in [5, 5.41) is 16.5. The molecule has 0 aromatic heterocycles. The normalized spacial score (nSPS) is 11.5. The van der Waals surface area contributed by atoms with Gasteiger partial charge in [-0.1, -0.05) is 90.0 Å². The van der Waals surface area contributed by atoms with Crippen LogP contribution >= 0.6 is 35.1 Å². The Labute approximate surface area is 242 Å². The van der Waals surface area contributed by atoms with E-state index in [9.17, 15) is 5.11 Å². The summed E-state index contributed by atoms with van der Waals surface area (Å²) in [6.07, 6.45) is 1.03. The van der Waals surface area contributed by atoms with E-state index in [0.717, 1.165) is 17.0 Å². The van der Waals surface area contributed by atoms with Gasteiger partial charge in [0.2, 0.25) is 0 Å². The van der Waals surface area contributed by atoms with Crippen molar-refractivity contribution in [2.45, 2.75) is 46.2 Å². The minimum atomic E-state index is -0.989. The van der Waals surface area contributed by atoms with Gasteiger partial charge in [-0.25, -0.2) is 0 Å². The van der Waals surface area contributed by atoms with Gasteiger partial charge in [0.1, 0.15) is 5.75 Å². The van der Waals surface area contributed by atoms with E-state index in [2.05, 4.69) is 126 Å². The second-order valence-electron chi connectivity index (χ2n) is 10.2. The molecule has 4 aromatic carbocycles. The molecule has 0 saturated carbocycles. The molecule has 1 nitrogen and oxygen atoms in total. The fraction of sp³-hybridized carbons (Fsp3) is 0.226. The van der Waals surface area contributed by atoms with E-state index in [4.69, 9.17) is 18.6 Å². The van der Waals surface area contributed by atoms with E-state index < -0.39 is 25.0 Å². The van der Waals surface area contributed by atoms with E-state index in [0.29, 0.717) is 14.3 Å². The summed E-state index contributed by atoms with van der Waals surface area (Å²) in [7, 11) is 9.21. The summed E-state index contributed by atoms with van der Waals surface area (Å²) in [5.41, 5.74) is 4.84. The van der Waals surface area contributed by atoms with Crippen LogP contribution in [0.1, 0.15) is 43.0 Å². The van der Waals surface area contributed by atoms with Crippen molar-refractivity contribution in [1.82, 2.24) is 0 Å². The zero-order chi connectivity index (χ0) is 27.0. The molecule has 0 bridgehead atoms. The first-order chi connectivity index (χ1) is 17.7. The number of hydrogen-bond acceptors (Lipinski definition) is 1. The Kier molecular flexibility index (Phi) is 11.7. The van der Waals surface area contributed by atoms with Gasteiger partial charge in [0, 0.05) is 10.9 Å². The Morgan fingerprint density at radius 3 is 1.86 bits per heavy atom. The molecular weight excluding hydrogens is 569 g/mol. The van der Waals surface area contributed by atoms with Crippen LogP contribution in [-0.4, -0.2) is 5.11 Å². The van der Waals surface area contributed by atoms with Gasteiger partial charge < -0.3 is 5.11 Å². The van der Waals surface area contributed by atoms with Crippen molar-refractivity contribution < 1.29 is 22.1 Å². The molecular formula is C31H35Cl2OP2Ti+.